The lowest BCUT2D eigenvalue weighted by Crippen LogP contribution is -1.95. The predicted octanol–water partition coefficient (Wildman–Crippen LogP) is 4.17. The summed E-state index contributed by atoms with van der Waals surface area (Å²) in [6, 6.07) is 16.9. The Morgan fingerprint density at radius 1 is 1.05 bits per heavy atom. The van der Waals surface area contributed by atoms with E-state index < -0.39 is 0 Å². The molecule has 0 amide bonds. The van der Waals surface area contributed by atoms with E-state index in [1.807, 2.05) is 0 Å². The van der Waals surface area contributed by atoms with Crippen LogP contribution in [0.4, 0.5) is 0 Å². The lowest BCUT2D eigenvalue weighted by molar-refractivity contribution is 1.07. The van der Waals surface area contributed by atoms with Crippen molar-refractivity contribution in [3.8, 4) is 11.3 Å². The molecule has 0 aliphatic rings. The van der Waals surface area contributed by atoms with E-state index in [1.165, 1.54) is 11.1 Å². The molecule has 0 radical (unpaired) electrons. The second-order valence-electron chi connectivity index (χ2n) is 5.19. The largest absolute Gasteiger partial charge is 0.326 e. The Bertz CT molecular complexity index is 729. The zero-order chi connectivity index (χ0) is 14.7. The average Bonchev–Trinajstić information content (AvgIpc) is 2.96. The molecule has 0 saturated carbocycles. The van der Waals surface area contributed by atoms with Crippen molar-refractivity contribution in [1.29, 1.82) is 0 Å². The van der Waals surface area contributed by atoms with Crippen molar-refractivity contribution in [2.24, 2.45) is 5.73 Å². The first kappa shape index (κ1) is 14.0. The molecule has 3 heteroatoms. The maximum atomic E-state index is 5.63. The van der Waals surface area contributed by atoms with Crippen molar-refractivity contribution in [3.63, 3.8) is 0 Å². The SMILES string of the molecule is Cc1cccc(Cc2nc(-c3ccc(CN)cc3)cs2)c1. The predicted molar refractivity (Wildman–Crippen MR) is 89.4 cm³/mol. The number of aromatic nitrogens is 1. The number of hydrogen-bond acceptors (Lipinski definition) is 3. The summed E-state index contributed by atoms with van der Waals surface area (Å²) in [6.45, 7) is 2.70. The minimum absolute atomic E-state index is 0.579. The van der Waals surface area contributed by atoms with Crippen LogP contribution in [0.2, 0.25) is 0 Å². The van der Waals surface area contributed by atoms with Gasteiger partial charge >= 0.3 is 0 Å². The van der Waals surface area contributed by atoms with Crippen LogP contribution in [0.1, 0.15) is 21.7 Å². The number of benzene rings is 2. The maximum Gasteiger partial charge on any atom is 0.0976 e. The van der Waals surface area contributed by atoms with Gasteiger partial charge in [0.25, 0.3) is 0 Å². The zero-order valence-electron chi connectivity index (χ0n) is 12.0. The number of nitrogens with two attached hydrogens (primary N) is 1. The number of nitrogens with zero attached hydrogens (tertiary/aromatic N) is 1. The minimum Gasteiger partial charge on any atom is -0.326 e. The first-order valence-corrected chi connectivity index (χ1v) is 7.92. The van der Waals surface area contributed by atoms with Crippen LogP contribution in [0.5, 0.6) is 0 Å². The molecule has 0 fully saturated rings. The third-order valence-corrected chi connectivity index (χ3v) is 4.32. The van der Waals surface area contributed by atoms with Gasteiger partial charge < -0.3 is 5.73 Å². The lowest BCUT2D eigenvalue weighted by atomic mass is 10.1. The normalized spacial score (nSPS) is 10.8. The molecule has 106 valence electrons. The maximum absolute atomic E-state index is 5.63. The summed E-state index contributed by atoms with van der Waals surface area (Å²) in [6.07, 6.45) is 0.896. The van der Waals surface area contributed by atoms with Crippen LogP contribution in [0.15, 0.2) is 53.9 Å². The van der Waals surface area contributed by atoms with Crippen molar-refractivity contribution >= 4 is 11.3 Å². The first-order valence-electron chi connectivity index (χ1n) is 7.04. The fourth-order valence-electron chi connectivity index (χ4n) is 2.33. The molecule has 2 aromatic carbocycles. The smallest absolute Gasteiger partial charge is 0.0976 e. The molecule has 0 saturated heterocycles. The van der Waals surface area contributed by atoms with Crippen LogP contribution < -0.4 is 5.73 Å². The third kappa shape index (κ3) is 3.38. The van der Waals surface area contributed by atoms with Crippen LogP contribution >= 0.6 is 11.3 Å². The van der Waals surface area contributed by atoms with Crippen molar-refractivity contribution in [3.05, 3.63) is 75.6 Å². The lowest BCUT2D eigenvalue weighted by Gasteiger charge is -2.00. The Morgan fingerprint density at radius 3 is 2.57 bits per heavy atom. The van der Waals surface area contributed by atoms with Crippen molar-refractivity contribution in [2.75, 3.05) is 0 Å². The Kier molecular flexibility index (Phi) is 4.13. The Labute approximate surface area is 129 Å². The van der Waals surface area contributed by atoms with Gasteiger partial charge in [0.2, 0.25) is 0 Å². The summed E-state index contributed by atoms with van der Waals surface area (Å²) in [7, 11) is 0. The molecule has 2 N–H and O–H groups in total. The molecule has 3 rings (SSSR count). The van der Waals surface area contributed by atoms with Gasteiger partial charge in [0.15, 0.2) is 0 Å². The highest BCUT2D eigenvalue weighted by Gasteiger charge is 2.05. The van der Waals surface area contributed by atoms with E-state index in [4.69, 9.17) is 10.7 Å². The van der Waals surface area contributed by atoms with Gasteiger partial charge in [-0.15, -0.1) is 11.3 Å². The molecule has 21 heavy (non-hydrogen) atoms. The molecular weight excluding hydrogens is 276 g/mol. The highest BCUT2D eigenvalue weighted by molar-refractivity contribution is 7.10. The summed E-state index contributed by atoms with van der Waals surface area (Å²) in [5, 5.41) is 3.28. The second-order valence-corrected chi connectivity index (χ2v) is 6.14. The van der Waals surface area contributed by atoms with Gasteiger partial charge in [0, 0.05) is 23.9 Å². The van der Waals surface area contributed by atoms with Gasteiger partial charge in [-0.05, 0) is 18.1 Å². The molecule has 0 aliphatic carbocycles. The molecule has 3 aromatic rings. The van der Waals surface area contributed by atoms with Gasteiger partial charge in [-0.3, -0.25) is 0 Å². The fraction of sp³-hybridized carbons (Fsp3) is 0.167. The highest BCUT2D eigenvalue weighted by atomic mass is 32.1. The molecular formula is C18H18N2S. The van der Waals surface area contributed by atoms with E-state index in [1.54, 1.807) is 11.3 Å². The third-order valence-electron chi connectivity index (χ3n) is 3.47. The molecule has 0 atom stereocenters. The van der Waals surface area contributed by atoms with E-state index in [2.05, 4.69) is 60.8 Å². The summed E-state index contributed by atoms with van der Waals surface area (Å²) in [5.74, 6) is 0. The van der Waals surface area contributed by atoms with Crippen LogP contribution in [-0.2, 0) is 13.0 Å². The monoisotopic (exact) mass is 294 g/mol. The van der Waals surface area contributed by atoms with Crippen molar-refractivity contribution < 1.29 is 0 Å². The number of rotatable bonds is 4. The first-order chi connectivity index (χ1) is 10.2. The van der Waals surface area contributed by atoms with E-state index in [9.17, 15) is 0 Å². The van der Waals surface area contributed by atoms with Crippen LogP contribution in [0.3, 0.4) is 0 Å². The second kappa shape index (κ2) is 6.20. The zero-order valence-corrected chi connectivity index (χ0v) is 12.9. The summed E-state index contributed by atoms with van der Waals surface area (Å²) in [4.78, 5) is 4.75. The van der Waals surface area contributed by atoms with Gasteiger partial charge in [-0.25, -0.2) is 4.98 Å². The van der Waals surface area contributed by atoms with Crippen molar-refractivity contribution in [1.82, 2.24) is 4.98 Å². The number of hydrogen-bond donors (Lipinski definition) is 1. The van der Waals surface area contributed by atoms with E-state index >= 15 is 0 Å². The molecule has 0 unspecified atom stereocenters. The van der Waals surface area contributed by atoms with Crippen LogP contribution in [0.25, 0.3) is 11.3 Å². The molecule has 2 nitrogen and oxygen atoms in total. The molecule has 0 aliphatic heterocycles. The van der Waals surface area contributed by atoms with Crippen molar-refractivity contribution in [2.45, 2.75) is 19.9 Å². The Hall–Kier alpha value is -1.97. The quantitative estimate of drug-likeness (QED) is 0.784. The van der Waals surface area contributed by atoms with Gasteiger partial charge in [-0.1, -0.05) is 54.1 Å². The Balaban J connectivity index is 1.79. The molecule has 1 aromatic heterocycles. The standard InChI is InChI=1S/C18H18N2S/c1-13-3-2-4-15(9-13)10-18-20-17(12-21-18)16-7-5-14(11-19)6-8-16/h2-9,12H,10-11,19H2,1H3. The summed E-state index contributed by atoms with van der Waals surface area (Å²) in [5.41, 5.74) is 11.6. The van der Waals surface area contributed by atoms with E-state index in [0.717, 1.165) is 28.2 Å². The van der Waals surface area contributed by atoms with Gasteiger partial charge in [0.05, 0.1) is 10.7 Å². The van der Waals surface area contributed by atoms with E-state index in [-0.39, 0.29) is 0 Å². The molecule has 0 spiro atoms. The molecule has 0 bridgehead atoms. The number of aryl methyl sites for hydroxylation is 1. The average molecular weight is 294 g/mol. The van der Waals surface area contributed by atoms with Gasteiger partial charge in [-0.2, -0.15) is 0 Å². The van der Waals surface area contributed by atoms with Gasteiger partial charge in [0.1, 0.15) is 0 Å². The van der Waals surface area contributed by atoms with Crippen LogP contribution in [-0.4, -0.2) is 4.98 Å². The van der Waals surface area contributed by atoms with E-state index in [0.29, 0.717) is 6.54 Å². The number of thiazole rings is 1. The fourth-order valence-corrected chi connectivity index (χ4v) is 3.17. The highest BCUT2D eigenvalue weighted by Crippen LogP contribution is 2.24. The minimum atomic E-state index is 0.579. The topological polar surface area (TPSA) is 38.9 Å². The summed E-state index contributed by atoms with van der Waals surface area (Å²) >= 11 is 1.72. The summed E-state index contributed by atoms with van der Waals surface area (Å²) < 4.78 is 0. The Morgan fingerprint density at radius 2 is 1.86 bits per heavy atom. The molecule has 1 heterocycles. The van der Waals surface area contributed by atoms with Crippen LogP contribution in [0, 0.1) is 6.92 Å².